The molecule has 1 unspecified atom stereocenters. The third kappa shape index (κ3) is 4.49. The molecular formula is C17H18N6O3S2. The average Bonchev–Trinajstić information content (AvgIpc) is 3.32. The number of nitrogens with zero attached hydrogens (tertiary/aromatic N) is 4. The maximum atomic E-state index is 12.7. The van der Waals surface area contributed by atoms with E-state index in [4.69, 9.17) is 5.73 Å². The number of thioether (sulfide) groups is 1. The van der Waals surface area contributed by atoms with Gasteiger partial charge in [0.05, 0.1) is 18.6 Å². The van der Waals surface area contributed by atoms with Crippen LogP contribution in [-0.2, 0) is 14.3 Å². The molecule has 0 bridgehead atoms. The smallest absolute Gasteiger partial charge is 0.316 e. The van der Waals surface area contributed by atoms with Crippen LogP contribution in [0.15, 0.2) is 40.9 Å². The Hall–Kier alpha value is -2.92. The number of ether oxygens (including phenoxy) is 1. The standard InChI is InChI=1S/C17H18N6O3S2/c1-10(23-15(18)21-22-17(23)28-9-13(24)26-2)14(25)20-16-19-12(8-27-16)11-6-4-3-5-7-11/h3-8,10H,9H2,1-2H3,(H2,18,21)(H,19,20,25). The predicted molar refractivity (Wildman–Crippen MR) is 108 cm³/mol. The lowest BCUT2D eigenvalue weighted by molar-refractivity contribution is -0.137. The Morgan fingerprint density at radius 1 is 1.32 bits per heavy atom. The maximum Gasteiger partial charge on any atom is 0.316 e. The molecule has 0 aliphatic carbocycles. The Labute approximate surface area is 169 Å². The van der Waals surface area contributed by atoms with E-state index in [1.165, 1.54) is 23.0 Å². The topological polar surface area (TPSA) is 125 Å². The second-order valence-electron chi connectivity index (χ2n) is 5.64. The number of hydrogen-bond donors (Lipinski definition) is 2. The lowest BCUT2D eigenvalue weighted by Gasteiger charge is -2.15. The van der Waals surface area contributed by atoms with E-state index in [0.717, 1.165) is 23.0 Å². The van der Waals surface area contributed by atoms with Crippen molar-refractivity contribution in [2.45, 2.75) is 18.1 Å². The van der Waals surface area contributed by atoms with Crippen LogP contribution >= 0.6 is 23.1 Å². The first kappa shape index (κ1) is 19.8. The minimum atomic E-state index is -0.695. The van der Waals surface area contributed by atoms with Gasteiger partial charge in [0, 0.05) is 10.9 Å². The van der Waals surface area contributed by atoms with Crippen LogP contribution in [0.4, 0.5) is 11.1 Å². The number of carbonyl (C=O) groups is 2. The molecule has 1 atom stereocenters. The van der Waals surface area contributed by atoms with Crippen LogP contribution in [0.1, 0.15) is 13.0 Å². The van der Waals surface area contributed by atoms with Gasteiger partial charge >= 0.3 is 5.97 Å². The summed E-state index contributed by atoms with van der Waals surface area (Å²) in [6.07, 6.45) is 0. The number of methoxy groups -OCH3 is 1. The summed E-state index contributed by atoms with van der Waals surface area (Å²) in [5.41, 5.74) is 7.61. The van der Waals surface area contributed by atoms with Crippen LogP contribution in [0.25, 0.3) is 11.3 Å². The number of amides is 1. The predicted octanol–water partition coefficient (Wildman–Crippen LogP) is 2.45. The average molecular weight is 419 g/mol. The third-order valence-corrected chi connectivity index (χ3v) is 5.48. The molecule has 0 aliphatic heterocycles. The van der Waals surface area contributed by atoms with Crippen molar-refractivity contribution in [1.82, 2.24) is 19.7 Å². The summed E-state index contributed by atoms with van der Waals surface area (Å²) in [5.74, 6) is -0.610. The van der Waals surface area contributed by atoms with Crippen LogP contribution < -0.4 is 11.1 Å². The van der Waals surface area contributed by atoms with Crippen molar-refractivity contribution in [3.63, 3.8) is 0 Å². The lowest BCUT2D eigenvalue weighted by Crippen LogP contribution is -2.25. The zero-order chi connectivity index (χ0) is 20.1. The van der Waals surface area contributed by atoms with E-state index in [2.05, 4.69) is 25.2 Å². The number of aromatic nitrogens is 4. The number of nitrogens with two attached hydrogens (primary N) is 1. The molecule has 0 saturated carbocycles. The summed E-state index contributed by atoms with van der Waals surface area (Å²) in [6.45, 7) is 1.67. The minimum absolute atomic E-state index is 0.0376. The normalized spacial score (nSPS) is 11.8. The second-order valence-corrected chi connectivity index (χ2v) is 7.45. The first-order chi connectivity index (χ1) is 13.5. The van der Waals surface area contributed by atoms with Gasteiger partial charge in [0.1, 0.15) is 6.04 Å². The molecule has 146 valence electrons. The molecule has 3 aromatic rings. The zero-order valence-electron chi connectivity index (χ0n) is 15.2. The van der Waals surface area contributed by atoms with Gasteiger partial charge in [-0.15, -0.1) is 21.5 Å². The summed E-state index contributed by atoms with van der Waals surface area (Å²) in [7, 11) is 1.30. The fourth-order valence-electron chi connectivity index (χ4n) is 2.33. The number of rotatable bonds is 7. The molecular weight excluding hydrogens is 400 g/mol. The first-order valence-electron chi connectivity index (χ1n) is 8.21. The van der Waals surface area contributed by atoms with Gasteiger partial charge in [-0.25, -0.2) is 4.98 Å². The van der Waals surface area contributed by atoms with Crippen LogP contribution in [-0.4, -0.2) is 44.5 Å². The molecule has 3 N–H and O–H groups in total. The third-order valence-electron chi connectivity index (χ3n) is 3.81. The van der Waals surface area contributed by atoms with Crippen LogP contribution in [0.5, 0.6) is 0 Å². The van der Waals surface area contributed by atoms with Gasteiger partial charge in [-0.05, 0) is 6.92 Å². The second kappa shape index (κ2) is 8.85. The molecule has 0 saturated heterocycles. The molecule has 9 nitrogen and oxygen atoms in total. The zero-order valence-corrected chi connectivity index (χ0v) is 16.8. The molecule has 0 radical (unpaired) electrons. The number of carbonyl (C=O) groups excluding carboxylic acids is 2. The van der Waals surface area contributed by atoms with Gasteiger partial charge in [0.15, 0.2) is 10.3 Å². The highest BCUT2D eigenvalue weighted by molar-refractivity contribution is 7.99. The van der Waals surface area contributed by atoms with Gasteiger partial charge in [-0.3, -0.25) is 14.2 Å². The van der Waals surface area contributed by atoms with Crippen LogP contribution in [0.3, 0.4) is 0 Å². The van der Waals surface area contributed by atoms with Crippen molar-refractivity contribution in [2.24, 2.45) is 0 Å². The largest absolute Gasteiger partial charge is 0.468 e. The SMILES string of the molecule is COC(=O)CSc1nnc(N)n1C(C)C(=O)Nc1nc(-c2ccccc2)cs1. The van der Waals surface area contributed by atoms with Gasteiger partial charge in [-0.2, -0.15) is 0 Å². The van der Waals surface area contributed by atoms with Gasteiger partial charge < -0.3 is 15.8 Å². The fourth-order valence-corrected chi connectivity index (χ4v) is 3.91. The number of thiazole rings is 1. The van der Waals surface area contributed by atoms with E-state index in [0.29, 0.717) is 10.3 Å². The molecule has 1 amide bonds. The summed E-state index contributed by atoms with van der Waals surface area (Å²) in [6, 6.07) is 8.99. The highest BCUT2D eigenvalue weighted by Gasteiger charge is 2.23. The summed E-state index contributed by atoms with van der Waals surface area (Å²) in [5, 5.41) is 13.2. The number of hydrogen-bond acceptors (Lipinski definition) is 9. The number of nitrogens with one attached hydrogen (secondary N) is 1. The van der Waals surface area contributed by atoms with Gasteiger partial charge in [0.2, 0.25) is 11.9 Å². The number of benzene rings is 1. The summed E-state index contributed by atoms with van der Waals surface area (Å²) >= 11 is 2.43. The van der Waals surface area contributed by atoms with Crippen molar-refractivity contribution in [3.05, 3.63) is 35.7 Å². The molecule has 2 aromatic heterocycles. The highest BCUT2D eigenvalue weighted by Crippen LogP contribution is 2.27. The molecule has 2 heterocycles. The van der Waals surface area contributed by atoms with Crippen LogP contribution in [0.2, 0.25) is 0 Å². The number of esters is 1. The van der Waals surface area contributed by atoms with E-state index >= 15 is 0 Å². The molecule has 0 aliphatic rings. The van der Waals surface area contributed by atoms with Gasteiger partial charge in [-0.1, -0.05) is 42.1 Å². The van der Waals surface area contributed by atoms with Crippen molar-refractivity contribution < 1.29 is 14.3 Å². The quantitative estimate of drug-likeness (QED) is 0.443. The molecule has 0 fully saturated rings. The van der Waals surface area contributed by atoms with Crippen molar-refractivity contribution in [2.75, 3.05) is 23.9 Å². The Morgan fingerprint density at radius 2 is 2.07 bits per heavy atom. The Balaban J connectivity index is 1.71. The van der Waals surface area contributed by atoms with Crippen molar-refractivity contribution >= 4 is 46.1 Å². The summed E-state index contributed by atoms with van der Waals surface area (Å²) < 4.78 is 6.08. The van der Waals surface area contributed by atoms with E-state index < -0.39 is 12.0 Å². The number of nitrogen functional groups attached to an aromatic ring is 1. The van der Waals surface area contributed by atoms with E-state index in [-0.39, 0.29) is 17.6 Å². The molecule has 1 aromatic carbocycles. The Bertz CT molecular complexity index is 972. The van der Waals surface area contributed by atoms with Crippen LogP contribution in [0, 0.1) is 0 Å². The monoisotopic (exact) mass is 418 g/mol. The van der Waals surface area contributed by atoms with E-state index in [9.17, 15) is 9.59 Å². The van der Waals surface area contributed by atoms with Crippen molar-refractivity contribution in [3.8, 4) is 11.3 Å². The van der Waals surface area contributed by atoms with E-state index in [1.807, 2.05) is 35.7 Å². The van der Waals surface area contributed by atoms with E-state index in [1.54, 1.807) is 6.92 Å². The van der Waals surface area contributed by atoms with Crippen molar-refractivity contribution in [1.29, 1.82) is 0 Å². The molecule has 3 rings (SSSR count). The molecule has 28 heavy (non-hydrogen) atoms. The van der Waals surface area contributed by atoms with Gasteiger partial charge in [0.25, 0.3) is 0 Å². The first-order valence-corrected chi connectivity index (χ1v) is 10.1. The number of anilines is 2. The summed E-state index contributed by atoms with van der Waals surface area (Å²) in [4.78, 5) is 28.5. The lowest BCUT2D eigenvalue weighted by atomic mass is 10.2. The molecule has 0 spiro atoms. The Morgan fingerprint density at radius 3 is 2.79 bits per heavy atom. The maximum absolute atomic E-state index is 12.7. The highest BCUT2D eigenvalue weighted by atomic mass is 32.2. The molecule has 11 heteroatoms. The Kier molecular flexibility index (Phi) is 6.26. The minimum Gasteiger partial charge on any atom is -0.468 e. The fraction of sp³-hybridized carbons (Fsp3) is 0.235.